The van der Waals surface area contributed by atoms with Crippen molar-refractivity contribution < 1.29 is 9.18 Å². The van der Waals surface area contributed by atoms with Crippen molar-refractivity contribution in [1.82, 2.24) is 15.5 Å². The molecule has 162 valence electrons. The number of nitrogens with zero attached hydrogens (tertiary/aromatic N) is 2. The summed E-state index contributed by atoms with van der Waals surface area (Å²) in [6.07, 6.45) is 0.760. The molecule has 0 radical (unpaired) electrons. The lowest BCUT2D eigenvalue weighted by Gasteiger charge is -2.24. The van der Waals surface area contributed by atoms with Crippen LogP contribution >= 0.6 is 0 Å². The van der Waals surface area contributed by atoms with Crippen molar-refractivity contribution in [1.29, 1.82) is 0 Å². The maximum atomic E-state index is 14.2. The molecule has 6 heteroatoms. The lowest BCUT2D eigenvalue weighted by atomic mass is 9.84. The lowest BCUT2D eigenvalue weighted by molar-refractivity contribution is 0.0827. The zero-order chi connectivity index (χ0) is 22.1. The third-order valence-corrected chi connectivity index (χ3v) is 4.87. The lowest BCUT2D eigenvalue weighted by Crippen LogP contribution is -2.39. The van der Waals surface area contributed by atoms with E-state index in [1.54, 1.807) is 25.1 Å². The second-order valence-electron chi connectivity index (χ2n) is 8.14. The molecule has 2 aromatic carbocycles. The van der Waals surface area contributed by atoms with Gasteiger partial charge in [-0.1, -0.05) is 44.2 Å². The number of amides is 1. The van der Waals surface area contributed by atoms with Crippen LogP contribution in [0.25, 0.3) is 0 Å². The molecule has 0 heterocycles. The SMILES string of the molecule is CCNC(=NCC(C)(C)c1ccccc1F)NCCc1cccc(C(=O)N(C)C)c1. The molecule has 0 unspecified atom stereocenters. The molecule has 0 spiro atoms. The van der Waals surface area contributed by atoms with Crippen LogP contribution in [0.3, 0.4) is 0 Å². The summed E-state index contributed by atoms with van der Waals surface area (Å²) < 4.78 is 14.2. The van der Waals surface area contributed by atoms with E-state index in [9.17, 15) is 9.18 Å². The van der Waals surface area contributed by atoms with Crippen molar-refractivity contribution in [2.24, 2.45) is 4.99 Å². The molecule has 2 aromatic rings. The van der Waals surface area contributed by atoms with Gasteiger partial charge >= 0.3 is 0 Å². The van der Waals surface area contributed by atoms with Crippen LogP contribution in [-0.2, 0) is 11.8 Å². The molecule has 0 bridgehead atoms. The van der Waals surface area contributed by atoms with Gasteiger partial charge in [0.05, 0.1) is 6.54 Å². The molecule has 0 atom stereocenters. The summed E-state index contributed by atoms with van der Waals surface area (Å²) in [5.74, 6) is 0.486. The molecule has 0 aliphatic rings. The summed E-state index contributed by atoms with van der Waals surface area (Å²) >= 11 is 0. The minimum absolute atomic E-state index is 0.00455. The number of hydrogen-bond donors (Lipinski definition) is 2. The van der Waals surface area contributed by atoms with E-state index in [1.165, 1.54) is 6.07 Å². The molecule has 1 amide bonds. The summed E-state index contributed by atoms with van der Waals surface area (Å²) in [6.45, 7) is 7.85. The molecule has 2 N–H and O–H groups in total. The first-order chi connectivity index (χ1) is 14.2. The molecule has 0 aliphatic heterocycles. The number of carbonyl (C=O) groups excluding carboxylic acids is 1. The van der Waals surface area contributed by atoms with E-state index in [4.69, 9.17) is 0 Å². The summed E-state index contributed by atoms with van der Waals surface area (Å²) in [6, 6.07) is 14.5. The van der Waals surface area contributed by atoms with E-state index in [0.717, 1.165) is 18.5 Å². The van der Waals surface area contributed by atoms with Crippen molar-refractivity contribution in [3.63, 3.8) is 0 Å². The Kier molecular flexibility index (Phi) is 8.39. The molecule has 0 aliphatic carbocycles. The van der Waals surface area contributed by atoms with Crippen molar-refractivity contribution in [3.05, 3.63) is 71.0 Å². The zero-order valence-electron chi connectivity index (χ0n) is 18.6. The van der Waals surface area contributed by atoms with Gasteiger partial charge in [-0.3, -0.25) is 9.79 Å². The Morgan fingerprint density at radius 2 is 1.83 bits per heavy atom. The first kappa shape index (κ1) is 23.4. The van der Waals surface area contributed by atoms with E-state index in [2.05, 4.69) is 15.6 Å². The van der Waals surface area contributed by atoms with Crippen LogP contribution in [-0.4, -0.2) is 50.5 Å². The number of aliphatic imine (C=N–C) groups is 1. The third-order valence-electron chi connectivity index (χ3n) is 4.87. The highest BCUT2D eigenvalue weighted by Gasteiger charge is 2.23. The topological polar surface area (TPSA) is 56.7 Å². The maximum Gasteiger partial charge on any atom is 0.253 e. The highest BCUT2D eigenvalue weighted by Crippen LogP contribution is 2.25. The average molecular weight is 413 g/mol. The van der Waals surface area contributed by atoms with E-state index in [0.29, 0.717) is 30.2 Å². The fourth-order valence-electron chi connectivity index (χ4n) is 3.16. The largest absolute Gasteiger partial charge is 0.357 e. The normalized spacial score (nSPS) is 11.9. The fourth-order valence-corrected chi connectivity index (χ4v) is 3.16. The van der Waals surface area contributed by atoms with Gasteiger partial charge in [0.15, 0.2) is 5.96 Å². The van der Waals surface area contributed by atoms with Crippen molar-refractivity contribution >= 4 is 11.9 Å². The number of benzene rings is 2. The van der Waals surface area contributed by atoms with Gasteiger partial charge < -0.3 is 15.5 Å². The minimum atomic E-state index is -0.422. The summed E-state index contributed by atoms with van der Waals surface area (Å²) in [4.78, 5) is 18.4. The molecule has 0 fully saturated rings. The van der Waals surface area contributed by atoms with Crippen LogP contribution in [0, 0.1) is 5.82 Å². The van der Waals surface area contributed by atoms with Crippen molar-refractivity contribution in [2.75, 3.05) is 33.7 Å². The van der Waals surface area contributed by atoms with E-state index in [-0.39, 0.29) is 11.7 Å². The number of halogens is 1. The Bertz CT molecular complexity index is 877. The Balaban J connectivity index is 2.00. The van der Waals surface area contributed by atoms with Crippen molar-refractivity contribution in [3.8, 4) is 0 Å². The van der Waals surface area contributed by atoms with E-state index in [1.807, 2.05) is 57.2 Å². The fraction of sp³-hybridized carbons (Fsp3) is 0.417. The second kappa shape index (κ2) is 10.8. The maximum absolute atomic E-state index is 14.2. The molecule has 5 nitrogen and oxygen atoms in total. The zero-order valence-corrected chi connectivity index (χ0v) is 18.6. The van der Waals surface area contributed by atoms with E-state index >= 15 is 0 Å². The number of hydrogen-bond acceptors (Lipinski definition) is 2. The second-order valence-corrected chi connectivity index (χ2v) is 8.14. The van der Waals surface area contributed by atoms with Crippen LogP contribution in [0.1, 0.15) is 42.3 Å². The third kappa shape index (κ3) is 6.58. The Morgan fingerprint density at radius 1 is 1.10 bits per heavy atom. The summed E-state index contributed by atoms with van der Waals surface area (Å²) in [7, 11) is 3.50. The van der Waals surface area contributed by atoms with Crippen LogP contribution in [0.4, 0.5) is 4.39 Å². The number of guanidine groups is 1. The Morgan fingerprint density at radius 3 is 2.50 bits per heavy atom. The first-order valence-electron chi connectivity index (χ1n) is 10.3. The van der Waals surface area contributed by atoms with Gasteiger partial charge in [0.1, 0.15) is 5.82 Å². The van der Waals surface area contributed by atoms with Crippen LogP contribution < -0.4 is 10.6 Å². The van der Waals surface area contributed by atoms with Gasteiger partial charge in [-0.2, -0.15) is 0 Å². The van der Waals surface area contributed by atoms with Crippen LogP contribution in [0.5, 0.6) is 0 Å². The smallest absolute Gasteiger partial charge is 0.253 e. The van der Waals surface area contributed by atoms with Gasteiger partial charge in [-0.25, -0.2) is 4.39 Å². The average Bonchev–Trinajstić information content (AvgIpc) is 2.72. The standard InChI is InChI=1S/C24H33FN4O/c1-6-26-23(28-17-24(2,3)20-12-7-8-13-21(20)25)27-15-14-18-10-9-11-19(16-18)22(30)29(4)5/h7-13,16H,6,14-15,17H2,1-5H3,(H2,26,27,28). The summed E-state index contributed by atoms with van der Waals surface area (Å²) in [5.41, 5.74) is 2.00. The van der Waals surface area contributed by atoms with Gasteiger partial charge in [-0.15, -0.1) is 0 Å². The van der Waals surface area contributed by atoms with Gasteiger partial charge in [0.25, 0.3) is 5.91 Å². The molecule has 2 rings (SSSR count). The Labute approximate surface area is 179 Å². The van der Waals surface area contributed by atoms with Gasteiger partial charge in [-0.05, 0) is 42.7 Å². The Hall–Kier alpha value is -2.89. The molecular weight excluding hydrogens is 379 g/mol. The molecule has 0 aromatic heterocycles. The van der Waals surface area contributed by atoms with Crippen LogP contribution in [0.2, 0.25) is 0 Å². The minimum Gasteiger partial charge on any atom is -0.357 e. The number of nitrogens with one attached hydrogen (secondary N) is 2. The van der Waals surface area contributed by atoms with Crippen molar-refractivity contribution in [2.45, 2.75) is 32.6 Å². The van der Waals surface area contributed by atoms with Crippen LogP contribution in [0.15, 0.2) is 53.5 Å². The van der Waals surface area contributed by atoms with Gasteiger partial charge in [0, 0.05) is 38.2 Å². The number of carbonyl (C=O) groups is 1. The quantitative estimate of drug-likeness (QED) is 0.515. The number of rotatable bonds is 8. The molecule has 0 saturated heterocycles. The van der Waals surface area contributed by atoms with E-state index < -0.39 is 5.41 Å². The van der Waals surface area contributed by atoms with Gasteiger partial charge in [0.2, 0.25) is 0 Å². The molecule has 0 saturated carbocycles. The predicted molar refractivity (Wildman–Crippen MR) is 122 cm³/mol. The monoisotopic (exact) mass is 412 g/mol. The first-order valence-corrected chi connectivity index (χ1v) is 10.3. The molecule has 30 heavy (non-hydrogen) atoms. The molecular formula is C24H33FN4O. The summed E-state index contributed by atoms with van der Waals surface area (Å²) in [5, 5.41) is 6.57. The predicted octanol–water partition coefficient (Wildman–Crippen LogP) is 3.60. The highest BCUT2D eigenvalue weighted by atomic mass is 19.1. The highest BCUT2D eigenvalue weighted by molar-refractivity contribution is 5.94.